The minimum Gasteiger partial charge on any atom is -0.394 e. The Balaban J connectivity index is 3.74. The second-order valence-corrected chi connectivity index (χ2v) is 2.32. The normalized spacial score (nSPS) is 12.4. The van der Waals surface area contributed by atoms with Gasteiger partial charge in [-0.2, -0.15) is 0 Å². The van der Waals surface area contributed by atoms with Crippen LogP contribution in [0.2, 0.25) is 0 Å². The van der Waals surface area contributed by atoms with E-state index in [9.17, 15) is 0 Å². The highest BCUT2D eigenvalue weighted by Gasteiger charge is 1.73. The van der Waals surface area contributed by atoms with Crippen LogP contribution >= 0.6 is 25.3 Å². The van der Waals surface area contributed by atoms with Crippen LogP contribution in [-0.2, 0) is 0 Å². The lowest BCUT2D eigenvalue weighted by Crippen LogP contribution is -1.86. The smallest absolute Gasteiger partial charge is 0.0857 e. The van der Waals surface area contributed by atoms with Crippen molar-refractivity contribution in [2.45, 2.75) is 0 Å². The molecule has 2 N–H and O–H groups in total. The minimum atomic E-state index is 0.410. The first-order valence-corrected chi connectivity index (χ1v) is 3.09. The van der Waals surface area contributed by atoms with E-state index in [4.69, 9.17) is 5.73 Å². The lowest BCUT2D eigenvalue weighted by Gasteiger charge is -1.82. The van der Waals surface area contributed by atoms with E-state index < -0.39 is 0 Å². The zero-order valence-electron chi connectivity index (χ0n) is 4.78. The summed E-state index contributed by atoms with van der Waals surface area (Å²) in [5, 5.41) is 0.856. The van der Waals surface area contributed by atoms with Gasteiger partial charge < -0.3 is 5.73 Å². The van der Waals surface area contributed by atoms with Crippen LogP contribution in [0, 0.1) is 0 Å². The van der Waals surface area contributed by atoms with Gasteiger partial charge in [0.05, 0.1) is 10.1 Å². The number of hydrogen-bond donors (Lipinski definition) is 3. The predicted molar refractivity (Wildman–Crippen MR) is 47.9 cm³/mol. The Bertz CT molecular complexity index is 156. The molecule has 50 valence electrons. The first-order chi connectivity index (χ1) is 4.13. The molecule has 9 heavy (non-hydrogen) atoms. The third-order valence-corrected chi connectivity index (χ3v) is 0.733. The molecular formula is C5H8N2S2. The Morgan fingerprint density at radius 2 is 2.11 bits per heavy atom. The van der Waals surface area contributed by atoms with Crippen LogP contribution in [0.4, 0.5) is 0 Å². The monoisotopic (exact) mass is 160 g/mol. The molecule has 4 heteroatoms. The number of nitrogens with two attached hydrogens (primary N) is 1. The van der Waals surface area contributed by atoms with Gasteiger partial charge >= 0.3 is 0 Å². The highest BCUT2D eigenvalue weighted by molar-refractivity contribution is 7.84. The van der Waals surface area contributed by atoms with Crippen molar-refractivity contribution in [3.63, 3.8) is 0 Å². The molecule has 0 spiro atoms. The fourth-order valence-corrected chi connectivity index (χ4v) is 0.333. The van der Waals surface area contributed by atoms with Gasteiger partial charge in [-0.3, -0.25) is 4.99 Å². The maximum atomic E-state index is 5.16. The maximum Gasteiger partial charge on any atom is 0.0857 e. The molecular weight excluding hydrogens is 152 g/mol. The van der Waals surface area contributed by atoms with Crippen molar-refractivity contribution in [2.24, 2.45) is 10.7 Å². The molecule has 0 saturated heterocycles. The standard InChI is InChI=1S/C5H8N2S2/c1-4(8)7-3-2-5(6)9/h2-3,8-9H,1,6H2/b5-2+,7-3-. The number of aliphatic imine (C=N–C) groups is 1. The first-order valence-electron chi connectivity index (χ1n) is 2.19. The van der Waals surface area contributed by atoms with Crippen LogP contribution in [0.5, 0.6) is 0 Å². The molecule has 0 fully saturated rings. The van der Waals surface area contributed by atoms with Gasteiger partial charge in [0.2, 0.25) is 0 Å². The average molecular weight is 160 g/mol. The molecule has 0 aromatic rings. The number of rotatable bonds is 2. The summed E-state index contributed by atoms with van der Waals surface area (Å²) in [6, 6.07) is 0. The summed E-state index contributed by atoms with van der Waals surface area (Å²) in [5.74, 6) is 0. The van der Waals surface area contributed by atoms with Crippen LogP contribution in [0.3, 0.4) is 0 Å². The van der Waals surface area contributed by atoms with Gasteiger partial charge in [-0.15, -0.1) is 25.3 Å². The lowest BCUT2D eigenvalue weighted by atomic mass is 10.6. The zero-order chi connectivity index (χ0) is 7.28. The summed E-state index contributed by atoms with van der Waals surface area (Å²) in [4.78, 5) is 3.70. The third kappa shape index (κ3) is 7.65. The Hall–Kier alpha value is -0.350. The largest absolute Gasteiger partial charge is 0.394 e. The Labute approximate surface area is 65.4 Å². The molecule has 0 aliphatic heterocycles. The molecule has 0 saturated carbocycles. The highest BCUT2D eigenvalue weighted by atomic mass is 32.1. The molecule has 0 bridgehead atoms. The summed E-state index contributed by atoms with van der Waals surface area (Å²) in [5.41, 5.74) is 5.16. The minimum absolute atomic E-state index is 0.410. The van der Waals surface area contributed by atoms with Crippen LogP contribution in [0.1, 0.15) is 0 Å². The third-order valence-electron chi connectivity index (χ3n) is 0.469. The van der Waals surface area contributed by atoms with Crippen molar-refractivity contribution in [3.05, 3.63) is 22.7 Å². The Morgan fingerprint density at radius 1 is 1.56 bits per heavy atom. The highest BCUT2D eigenvalue weighted by Crippen LogP contribution is 1.95. The van der Waals surface area contributed by atoms with Crippen molar-refractivity contribution < 1.29 is 0 Å². The molecule has 0 heterocycles. The molecule has 0 aromatic carbocycles. The van der Waals surface area contributed by atoms with Gasteiger partial charge in [-0.05, 0) is 6.08 Å². The Morgan fingerprint density at radius 3 is 2.44 bits per heavy atom. The van der Waals surface area contributed by atoms with Crippen molar-refractivity contribution in [3.8, 4) is 0 Å². The van der Waals surface area contributed by atoms with Crippen LogP contribution in [-0.4, -0.2) is 6.21 Å². The molecule has 0 aliphatic rings. The summed E-state index contributed by atoms with van der Waals surface area (Å²) in [6.45, 7) is 3.42. The topological polar surface area (TPSA) is 38.4 Å². The number of nitrogens with zero attached hydrogens (tertiary/aromatic N) is 1. The summed E-state index contributed by atoms with van der Waals surface area (Å²) in [6.07, 6.45) is 3.03. The van der Waals surface area contributed by atoms with E-state index >= 15 is 0 Å². The maximum absolute atomic E-state index is 5.16. The number of thiol groups is 2. The van der Waals surface area contributed by atoms with Gasteiger partial charge in [0.1, 0.15) is 0 Å². The van der Waals surface area contributed by atoms with E-state index in [0.29, 0.717) is 10.1 Å². The first kappa shape index (κ1) is 8.65. The van der Waals surface area contributed by atoms with E-state index in [2.05, 4.69) is 36.8 Å². The Kier molecular flexibility index (Phi) is 4.35. The van der Waals surface area contributed by atoms with Crippen molar-refractivity contribution in [1.29, 1.82) is 0 Å². The number of hydrogen-bond acceptors (Lipinski definition) is 4. The van der Waals surface area contributed by atoms with Crippen molar-refractivity contribution in [1.82, 2.24) is 0 Å². The molecule has 0 rings (SSSR count). The van der Waals surface area contributed by atoms with E-state index in [-0.39, 0.29) is 0 Å². The molecule has 0 radical (unpaired) electrons. The lowest BCUT2D eigenvalue weighted by molar-refractivity contribution is 1.55. The molecule has 0 aliphatic carbocycles. The van der Waals surface area contributed by atoms with Gasteiger partial charge in [0, 0.05) is 6.21 Å². The van der Waals surface area contributed by atoms with Crippen molar-refractivity contribution in [2.75, 3.05) is 0 Å². The van der Waals surface area contributed by atoms with E-state index in [1.807, 2.05) is 0 Å². The van der Waals surface area contributed by atoms with Crippen molar-refractivity contribution >= 4 is 31.5 Å². The van der Waals surface area contributed by atoms with E-state index in [0.717, 1.165) is 0 Å². The van der Waals surface area contributed by atoms with Crippen LogP contribution in [0.25, 0.3) is 0 Å². The van der Waals surface area contributed by atoms with Crippen LogP contribution < -0.4 is 5.73 Å². The molecule has 0 unspecified atom stereocenters. The quantitative estimate of drug-likeness (QED) is 0.412. The van der Waals surface area contributed by atoms with Gasteiger partial charge in [0.25, 0.3) is 0 Å². The second-order valence-electron chi connectivity index (χ2n) is 1.29. The van der Waals surface area contributed by atoms with Gasteiger partial charge in [0.15, 0.2) is 0 Å². The molecule has 2 nitrogen and oxygen atoms in total. The zero-order valence-corrected chi connectivity index (χ0v) is 6.57. The summed E-state index contributed by atoms with van der Waals surface area (Å²) >= 11 is 7.61. The average Bonchev–Trinajstić information content (AvgIpc) is 1.63. The summed E-state index contributed by atoms with van der Waals surface area (Å²) in [7, 11) is 0. The molecule has 0 amide bonds. The number of allylic oxidation sites excluding steroid dienone is 1. The molecule has 0 aromatic heterocycles. The summed E-state index contributed by atoms with van der Waals surface area (Å²) < 4.78 is 0. The second kappa shape index (κ2) is 4.52. The van der Waals surface area contributed by atoms with Gasteiger partial charge in [-0.1, -0.05) is 6.58 Å². The van der Waals surface area contributed by atoms with Gasteiger partial charge in [-0.25, -0.2) is 0 Å². The van der Waals surface area contributed by atoms with E-state index in [1.165, 1.54) is 6.21 Å². The fourth-order valence-electron chi connectivity index (χ4n) is 0.200. The van der Waals surface area contributed by atoms with E-state index in [1.54, 1.807) is 6.08 Å². The fraction of sp³-hybridized carbons (Fsp3) is 0. The molecule has 0 atom stereocenters. The predicted octanol–water partition coefficient (Wildman–Crippen LogP) is 1.19. The SMILES string of the molecule is C=C(S)/N=C\C=C(/N)S. The van der Waals surface area contributed by atoms with Crippen LogP contribution in [0.15, 0.2) is 27.7 Å².